The van der Waals surface area contributed by atoms with Crippen LogP contribution in [0, 0.1) is 5.92 Å². The highest BCUT2D eigenvalue weighted by Gasteiger charge is 2.30. The van der Waals surface area contributed by atoms with Gasteiger partial charge in [0.25, 0.3) is 0 Å². The predicted octanol–water partition coefficient (Wildman–Crippen LogP) is 13.2. The van der Waals surface area contributed by atoms with Crippen molar-refractivity contribution >= 4 is 11.9 Å². The van der Waals surface area contributed by atoms with Crippen LogP contribution in [0.25, 0.3) is 0 Å². The van der Waals surface area contributed by atoms with Gasteiger partial charge in [-0.05, 0) is 90.8 Å². The minimum absolute atomic E-state index is 0.00496. The highest BCUT2D eigenvalue weighted by atomic mass is 16.5. The third-order valence-electron chi connectivity index (χ3n) is 11.9. The lowest BCUT2D eigenvalue weighted by Gasteiger charge is -2.39. The Morgan fingerprint density at radius 3 is 1.82 bits per heavy atom. The van der Waals surface area contributed by atoms with E-state index in [4.69, 9.17) is 9.47 Å². The predicted molar refractivity (Wildman–Crippen MR) is 245 cm³/mol. The fraction of sp³-hybridized carbons (Fsp3) is 0.880. The highest BCUT2D eigenvalue weighted by Crippen LogP contribution is 2.26. The van der Waals surface area contributed by atoms with E-state index in [0.29, 0.717) is 32.0 Å². The van der Waals surface area contributed by atoms with Gasteiger partial charge in [0.2, 0.25) is 0 Å². The van der Waals surface area contributed by atoms with Crippen LogP contribution in [-0.2, 0) is 19.1 Å². The van der Waals surface area contributed by atoms with E-state index in [1.807, 2.05) is 6.08 Å². The van der Waals surface area contributed by atoms with Gasteiger partial charge in [-0.1, -0.05) is 173 Å². The maximum absolute atomic E-state index is 12.7. The van der Waals surface area contributed by atoms with Crippen molar-refractivity contribution in [3.63, 3.8) is 0 Å². The van der Waals surface area contributed by atoms with E-state index in [1.54, 1.807) is 0 Å². The summed E-state index contributed by atoms with van der Waals surface area (Å²) in [7, 11) is 4.12. The Bertz CT molecular complexity index is 961. The number of rotatable bonds is 41. The average Bonchev–Trinajstić information content (AvgIpc) is 3.20. The maximum atomic E-state index is 12.7. The van der Waals surface area contributed by atoms with Gasteiger partial charge in [-0.15, -0.1) is 0 Å². The van der Waals surface area contributed by atoms with Gasteiger partial charge in [0.05, 0.1) is 12.3 Å². The molecule has 0 radical (unpaired) electrons. The summed E-state index contributed by atoms with van der Waals surface area (Å²) in [6.45, 7) is 8.49. The van der Waals surface area contributed by atoms with Crippen LogP contribution in [0.3, 0.4) is 0 Å². The number of carbonyl (C=O) groups excluding carboxylic acids is 2. The second-order valence-corrected chi connectivity index (χ2v) is 17.6. The maximum Gasteiger partial charge on any atom is 0.306 e. The smallest absolute Gasteiger partial charge is 0.306 e. The first-order valence-electron chi connectivity index (χ1n) is 24.7. The minimum Gasteiger partial charge on any atom is -0.466 e. The second kappa shape index (κ2) is 39.7. The molecule has 0 spiro atoms. The van der Waals surface area contributed by atoms with Crippen molar-refractivity contribution in [2.24, 2.45) is 5.92 Å². The number of esters is 2. The lowest BCUT2D eigenvalue weighted by molar-refractivity contribution is -0.145. The number of ether oxygens (including phenoxy) is 2. The number of hydrogen-bond acceptors (Lipinski definition) is 7. The summed E-state index contributed by atoms with van der Waals surface area (Å²) in [4.78, 5) is 26.9. The molecule has 0 saturated heterocycles. The molecule has 0 aromatic heterocycles. The van der Waals surface area contributed by atoms with E-state index in [-0.39, 0.29) is 17.6 Å². The normalized spacial score (nSPS) is 14.9. The first-order valence-corrected chi connectivity index (χ1v) is 24.7. The van der Waals surface area contributed by atoms with Crippen molar-refractivity contribution in [2.45, 2.75) is 231 Å². The summed E-state index contributed by atoms with van der Waals surface area (Å²) in [5.74, 6) is 0.374. The molecular formula is C50H95N3O4. The van der Waals surface area contributed by atoms with Crippen molar-refractivity contribution in [2.75, 3.05) is 46.9 Å². The summed E-state index contributed by atoms with van der Waals surface area (Å²) in [5, 5.41) is 7.83. The third-order valence-corrected chi connectivity index (χ3v) is 11.9. The molecule has 1 fully saturated rings. The van der Waals surface area contributed by atoms with Crippen LogP contribution in [0.1, 0.15) is 226 Å². The van der Waals surface area contributed by atoms with E-state index in [0.717, 1.165) is 58.2 Å². The zero-order valence-electron chi connectivity index (χ0n) is 38.3. The fourth-order valence-corrected chi connectivity index (χ4v) is 8.18. The monoisotopic (exact) mass is 802 g/mol. The van der Waals surface area contributed by atoms with Crippen LogP contribution in [0.4, 0.5) is 0 Å². The van der Waals surface area contributed by atoms with Crippen LogP contribution in [-0.4, -0.2) is 69.4 Å². The third kappa shape index (κ3) is 34.8. The van der Waals surface area contributed by atoms with Crippen molar-refractivity contribution in [1.29, 1.82) is 0 Å². The standard InChI is InChI=1S/C50H95N3O4/c1-5-7-9-11-19-25-34-44-56-48(54)38-29-22-17-14-16-21-28-37-47(46-49(55)57-45-35-43-53(3)4)36-27-20-15-12-13-18-24-33-42-52-50(39-30-26-31-40-50)51-41-32-23-10-8-6-2/h23,25,32,34,47,51-52H,5-22,24,26-31,33,35-46H2,1-4H3/b32-23-,34-25-. The molecule has 1 saturated carbocycles. The Morgan fingerprint density at radius 2 is 1.18 bits per heavy atom. The van der Waals surface area contributed by atoms with Gasteiger partial charge in [-0.2, -0.15) is 0 Å². The summed E-state index contributed by atoms with van der Waals surface area (Å²) < 4.78 is 11.0. The van der Waals surface area contributed by atoms with Gasteiger partial charge in [0.15, 0.2) is 0 Å². The number of allylic oxidation sites excluding steroid dienone is 2. The SMILES string of the molecule is CCCC/C=C\CNC1(NCCCCCCCCCCC(CCCCCCCCCC(=O)OC/C=C\CCCCCC)CC(=O)OCCCN(C)C)CCCCC1. The van der Waals surface area contributed by atoms with Gasteiger partial charge >= 0.3 is 11.9 Å². The topological polar surface area (TPSA) is 79.9 Å². The van der Waals surface area contributed by atoms with Crippen molar-refractivity contribution in [3.8, 4) is 0 Å². The summed E-state index contributed by atoms with van der Waals surface area (Å²) >= 11 is 0. The Kier molecular flexibility index (Phi) is 37.2. The van der Waals surface area contributed by atoms with Crippen LogP contribution < -0.4 is 10.6 Å². The van der Waals surface area contributed by atoms with Crippen LogP contribution in [0.15, 0.2) is 24.3 Å². The first kappa shape index (κ1) is 53.3. The van der Waals surface area contributed by atoms with Gasteiger partial charge in [-0.25, -0.2) is 0 Å². The number of unbranched alkanes of at least 4 members (excludes halogenated alkanes) is 19. The molecule has 0 heterocycles. The molecule has 1 rings (SSSR count). The first-order chi connectivity index (χ1) is 27.9. The van der Waals surface area contributed by atoms with E-state index < -0.39 is 0 Å². The summed E-state index contributed by atoms with van der Waals surface area (Å²) in [6, 6.07) is 0. The molecule has 1 atom stereocenters. The van der Waals surface area contributed by atoms with Crippen molar-refractivity contribution in [3.05, 3.63) is 24.3 Å². The molecule has 0 bridgehead atoms. The molecule has 1 unspecified atom stereocenters. The lowest BCUT2D eigenvalue weighted by atomic mass is 9.88. The molecule has 57 heavy (non-hydrogen) atoms. The molecular weight excluding hydrogens is 707 g/mol. The van der Waals surface area contributed by atoms with E-state index in [9.17, 15) is 9.59 Å². The van der Waals surface area contributed by atoms with Gasteiger partial charge in [0, 0.05) is 25.9 Å². The van der Waals surface area contributed by atoms with E-state index in [1.165, 1.54) is 161 Å². The molecule has 7 nitrogen and oxygen atoms in total. The minimum atomic E-state index is -0.0657. The molecule has 2 N–H and O–H groups in total. The molecule has 0 aromatic rings. The second-order valence-electron chi connectivity index (χ2n) is 17.6. The van der Waals surface area contributed by atoms with Gasteiger partial charge in [0.1, 0.15) is 6.61 Å². The number of carbonyl (C=O) groups is 2. The average molecular weight is 802 g/mol. The quantitative estimate of drug-likeness (QED) is 0.0276. The molecule has 7 heteroatoms. The number of hydrogen-bond donors (Lipinski definition) is 2. The van der Waals surface area contributed by atoms with Crippen LogP contribution >= 0.6 is 0 Å². The molecule has 0 aromatic carbocycles. The summed E-state index contributed by atoms with van der Waals surface area (Å²) in [5.41, 5.74) is 0.151. The highest BCUT2D eigenvalue weighted by molar-refractivity contribution is 5.69. The Hall–Kier alpha value is -1.70. The van der Waals surface area contributed by atoms with Gasteiger partial charge in [-0.3, -0.25) is 20.2 Å². The zero-order valence-corrected chi connectivity index (χ0v) is 38.3. The Labute approximate surface area is 354 Å². The lowest BCUT2D eigenvalue weighted by Crippen LogP contribution is -2.58. The molecule has 1 aliphatic carbocycles. The number of nitrogens with zero attached hydrogens (tertiary/aromatic N) is 1. The number of nitrogens with one attached hydrogen (secondary N) is 2. The summed E-state index contributed by atoms with van der Waals surface area (Å²) in [6.07, 6.45) is 48.1. The van der Waals surface area contributed by atoms with E-state index in [2.05, 4.69) is 61.7 Å². The zero-order chi connectivity index (χ0) is 41.3. The van der Waals surface area contributed by atoms with Crippen LogP contribution in [0.5, 0.6) is 0 Å². The fourth-order valence-electron chi connectivity index (χ4n) is 8.18. The molecule has 1 aliphatic rings. The largest absolute Gasteiger partial charge is 0.466 e. The van der Waals surface area contributed by atoms with E-state index >= 15 is 0 Å². The van der Waals surface area contributed by atoms with Gasteiger partial charge < -0.3 is 14.4 Å². The van der Waals surface area contributed by atoms with Crippen molar-refractivity contribution < 1.29 is 19.1 Å². The Balaban J connectivity index is 2.19. The van der Waals surface area contributed by atoms with Crippen LogP contribution in [0.2, 0.25) is 0 Å². The molecule has 0 amide bonds. The molecule has 0 aliphatic heterocycles. The van der Waals surface area contributed by atoms with Crippen molar-refractivity contribution in [1.82, 2.24) is 15.5 Å². The molecule has 334 valence electrons. The Morgan fingerprint density at radius 1 is 0.596 bits per heavy atom.